The number of amides is 1. The Morgan fingerprint density at radius 2 is 2.00 bits per heavy atom. The van der Waals surface area contributed by atoms with Gasteiger partial charge in [-0.15, -0.1) is 0 Å². The Morgan fingerprint density at radius 3 is 2.39 bits per heavy atom. The molecule has 0 aliphatic heterocycles. The van der Waals surface area contributed by atoms with Crippen LogP contribution in [0.3, 0.4) is 0 Å². The van der Waals surface area contributed by atoms with Crippen molar-refractivity contribution in [3.63, 3.8) is 0 Å². The SMILES string of the molecule is C=C/C(=C\C=C(C)C)C(O)C(CF)NC(=O)CF. The molecule has 0 aliphatic carbocycles. The molecule has 1 amide bonds. The fourth-order valence-electron chi connectivity index (χ4n) is 1.23. The van der Waals surface area contributed by atoms with Crippen LogP contribution in [-0.4, -0.2) is 36.5 Å². The predicted molar refractivity (Wildman–Crippen MR) is 67.6 cm³/mol. The molecule has 18 heavy (non-hydrogen) atoms. The summed E-state index contributed by atoms with van der Waals surface area (Å²) in [5.41, 5.74) is 1.35. The molecular weight excluding hydrogens is 240 g/mol. The van der Waals surface area contributed by atoms with Gasteiger partial charge in [0.2, 0.25) is 0 Å². The molecule has 0 saturated heterocycles. The first-order chi connectivity index (χ1) is 8.46. The van der Waals surface area contributed by atoms with Gasteiger partial charge in [-0.3, -0.25) is 4.79 Å². The van der Waals surface area contributed by atoms with Crippen LogP contribution in [0.1, 0.15) is 13.8 Å². The minimum atomic E-state index is -1.27. The molecule has 0 aromatic carbocycles. The zero-order chi connectivity index (χ0) is 14.1. The molecule has 0 aromatic heterocycles. The molecule has 0 aromatic rings. The van der Waals surface area contributed by atoms with Crippen LogP contribution in [0.25, 0.3) is 0 Å². The van der Waals surface area contributed by atoms with Crippen LogP contribution in [0, 0.1) is 0 Å². The number of carbonyl (C=O) groups is 1. The second-order valence-electron chi connectivity index (χ2n) is 4.02. The monoisotopic (exact) mass is 259 g/mol. The smallest absolute Gasteiger partial charge is 0.251 e. The van der Waals surface area contributed by atoms with Crippen molar-refractivity contribution >= 4 is 5.91 Å². The largest absolute Gasteiger partial charge is 0.386 e. The van der Waals surface area contributed by atoms with Gasteiger partial charge in [0.1, 0.15) is 12.8 Å². The Morgan fingerprint density at radius 1 is 1.39 bits per heavy atom. The molecule has 0 saturated carbocycles. The van der Waals surface area contributed by atoms with Crippen LogP contribution in [0.15, 0.2) is 36.0 Å². The van der Waals surface area contributed by atoms with Gasteiger partial charge in [-0.2, -0.15) is 0 Å². The zero-order valence-corrected chi connectivity index (χ0v) is 10.6. The summed E-state index contributed by atoms with van der Waals surface area (Å²) in [4.78, 5) is 10.8. The van der Waals surface area contributed by atoms with Gasteiger partial charge in [0, 0.05) is 0 Å². The molecule has 0 bridgehead atoms. The molecule has 0 aliphatic rings. The van der Waals surface area contributed by atoms with E-state index >= 15 is 0 Å². The maximum absolute atomic E-state index is 12.7. The summed E-state index contributed by atoms with van der Waals surface area (Å²) in [6, 6.07) is -1.18. The van der Waals surface area contributed by atoms with E-state index in [2.05, 4.69) is 11.9 Å². The van der Waals surface area contributed by atoms with E-state index in [0.29, 0.717) is 5.57 Å². The number of halogens is 2. The van der Waals surface area contributed by atoms with Crippen molar-refractivity contribution < 1.29 is 18.7 Å². The first kappa shape index (κ1) is 16.5. The first-order valence-corrected chi connectivity index (χ1v) is 5.53. The highest BCUT2D eigenvalue weighted by molar-refractivity contribution is 5.77. The molecule has 102 valence electrons. The third-order valence-corrected chi connectivity index (χ3v) is 2.20. The second-order valence-corrected chi connectivity index (χ2v) is 4.02. The van der Waals surface area contributed by atoms with Crippen LogP contribution in [-0.2, 0) is 4.79 Å². The first-order valence-electron chi connectivity index (χ1n) is 5.53. The van der Waals surface area contributed by atoms with E-state index in [9.17, 15) is 18.7 Å². The van der Waals surface area contributed by atoms with Crippen molar-refractivity contribution in [1.29, 1.82) is 0 Å². The number of rotatable bonds is 7. The van der Waals surface area contributed by atoms with E-state index in [4.69, 9.17) is 0 Å². The molecule has 5 heteroatoms. The van der Waals surface area contributed by atoms with Gasteiger partial charge < -0.3 is 10.4 Å². The quantitative estimate of drug-likeness (QED) is 0.685. The third kappa shape index (κ3) is 5.72. The van der Waals surface area contributed by atoms with Crippen molar-refractivity contribution in [2.45, 2.75) is 26.0 Å². The number of aliphatic hydroxyl groups is 1. The van der Waals surface area contributed by atoms with E-state index in [1.54, 1.807) is 12.2 Å². The number of alkyl halides is 2. The average molecular weight is 259 g/mol. The fourth-order valence-corrected chi connectivity index (χ4v) is 1.23. The summed E-state index contributed by atoms with van der Waals surface area (Å²) in [6.07, 6.45) is 3.41. The standard InChI is InChI=1S/C13H19F2NO2/c1-4-10(6-5-9(2)3)13(18)11(7-14)16-12(17)8-15/h4-6,11,13,18H,1,7-8H2,2-3H3,(H,16,17)/b10-6+. The number of aliphatic hydroxyl groups excluding tert-OH is 1. The summed E-state index contributed by atoms with van der Waals surface area (Å²) < 4.78 is 24.7. The van der Waals surface area contributed by atoms with Crippen molar-refractivity contribution in [3.8, 4) is 0 Å². The predicted octanol–water partition coefficient (Wildman–Crippen LogP) is 1.85. The molecular formula is C13H19F2NO2. The average Bonchev–Trinajstić information content (AvgIpc) is 2.35. The van der Waals surface area contributed by atoms with Crippen molar-refractivity contribution in [2.75, 3.05) is 13.3 Å². The maximum atomic E-state index is 12.7. The lowest BCUT2D eigenvalue weighted by Gasteiger charge is -2.21. The van der Waals surface area contributed by atoms with Gasteiger partial charge in [0.25, 0.3) is 5.91 Å². The van der Waals surface area contributed by atoms with Gasteiger partial charge in [-0.25, -0.2) is 8.78 Å². The molecule has 2 unspecified atom stereocenters. The fraction of sp³-hybridized carbons (Fsp3) is 0.462. The summed E-state index contributed by atoms with van der Waals surface area (Å²) in [7, 11) is 0. The Bertz CT molecular complexity index is 347. The number of nitrogens with one attached hydrogen (secondary N) is 1. The Kier molecular flexibility index (Phi) is 7.87. The van der Waals surface area contributed by atoms with Crippen LogP contribution in [0.2, 0.25) is 0 Å². The van der Waals surface area contributed by atoms with Gasteiger partial charge in [-0.05, 0) is 19.4 Å². The molecule has 2 atom stereocenters. The molecule has 0 heterocycles. The van der Waals surface area contributed by atoms with Crippen molar-refractivity contribution in [1.82, 2.24) is 5.32 Å². The molecule has 0 rings (SSSR count). The number of hydrogen-bond acceptors (Lipinski definition) is 2. The summed E-state index contributed by atoms with van der Waals surface area (Å²) in [6.45, 7) is 4.99. The highest BCUT2D eigenvalue weighted by Crippen LogP contribution is 2.10. The summed E-state index contributed by atoms with van der Waals surface area (Å²) in [5, 5.41) is 12.0. The second kappa shape index (κ2) is 8.58. The molecule has 0 spiro atoms. The summed E-state index contributed by atoms with van der Waals surface area (Å²) >= 11 is 0. The Balaban J connectivity index is 4.88. The molecule has 0 radical (unpaired) electrons. The minimum Gasteiger partial charge on any atom is -0.386 e. The van der Waals surface area contributed by atoms with E-state index in [1.807, 2.05) is 13.8 Å². The summed E-state index contributed by atoms with van der Waals surface area (Å²) in [5.74, 6) is -0.956. The van der Waals surface area contributed by atoms with Crippen LogP contribution in [0.4, 0.5) is 8.78 Å². The zero-order valence-electron chi connectivity index (χ0n) is 10.6. The van der Waals surface area contributed by atoms with Gasteiger partial charge in [0.15, 0.2) is 6.67 Å². The number of allylic oxidation sites excluding steroid dienone is 3. The van der Waals surface area contributed by atoms with Crippen LogP contribution in [0.5, 0.6) is 0 Å². The normalized spacial score (nSPS) is 14.6. The molecule has 3 nitrogen and oxygen atoms in total. The lowest BCUT2D eigenvalue weighted by Crippen LogP contribution is -2.46. The van der Waals surface area contributed by atoms with Crippen LogP contribution < -0.4 is 5.32 Å². The van der Waals surface area contributed by atoms with E-state index in [1.165, 1.54) is 6.08 Å². The third-order valence-electron chi connectivity index (χ3n) is 2.20. The Hall–Kier alpha value is -1.49. The topological polar surface area (TPSA) is 49.3 Å². The molecule has 0 fully saturated rings. The highest BCUT2D eigenvalue weighted by Gasteiger charge is 2.23. The van der Waals surface area contributed by atoms with Crippen molar-refractivity contribution in [3.05, 3.63) is 36.0 Å². The lowest BCUT2D eigenvalue weighted by molar-refractivity contribution is -0.123. The van der Waals surface area contributed by atoms with Gasteiger partial charge in [-0.1, -0.05) is 30.4 Å². The minimum absolute atomic E-state index is 0.359. The highest BCUT2D eigenvalue weighted by atomic mass is 19.1. The Labute approximate surface area is 106 Å². The van der Waals surface area contributed by atoms with E-state index in [-0.39, 0.29) is 0 Å². The van der Waals surface area contributed by atoms with Gasteiger partial charge in [0.05, 0.1) is 6.04 Å². The lowest BCUT2D eigenvalue weighted by atomic mass is 10.0. The van der Waals surface area contributed by atoms with Crippen molar-refractivity contribution in [2.24, 2.45) is 0 Å². The number of hydrogen-bond donors (Lipinski definition) is 2. The molecule has 2 N–H and O–H groups in total. The maximum Gasteiger partial charge on any atom is 0.251 e. The number of carbonyl (C=O) groups excluding carboxylic acids is 1. The van der Waals surface area contributed by atoms with E-state index < -0.39 is 31.4 Å². The van der Waals surface area contributed by atoms with E-state index in [0.717, 1.165) is 5.57 Å². The van der Waals surface area contributed by atoms with Gasteiger partial charge >= 0.3 is 0 Å². The van der Waals surface area contributed by atoms with Crippen LogP contribution >= 0.6 is 0 Å².